The summed E-state index contributed by atoms with van der Waals surface area (Å²) in [5.74, 6) is -1.08. The number of hydrogen-bond acceptors (Lipinski definition) is 1. The second kappa shape index (κ2) is 4.82. The number of carboxylic acids is 1. The first kappa shape index (κ1) is 10.8. The minimum atomic E-state index is -1.08. The van der Waals surface area contributed by atoms with Crippen LogP contribution in [0.15, 0.2) is 35.4 Å². The van der Waals surface area contributed by atoms with Crippen molar-refractivity contribution in [1.82, 2.24) is 0 Å². The molecule has 0 heterocycles. The van der Waals surface area contributed by atoms with E-state index in [1.54, 1.807) is 0 Å². The Morgan fingerprint density at radius 3 is 2.36 bits per heavy atom. The van der Waals surface area contributed by atoms with Crippen molar-refractivity contribution in [2.24, 2.45) is 0 Å². The summed E-state index contributed by atoms with van der Waals surface area (Å²) in [6.45, 7) is 1.88. The SMILES string of the molecule is CCC(=C(Cl)C(=O)O)c1ccccc1. The quantitative estimate of drug-likeness (QED) is 0.779. The van der Waals surface area contributed by atoms with Gasteiger partial charge < -0.3 is 5.11 Å². The number of carbonyl (C=O) groups is 1. The monoisotopic (exact) mass is 210 g/mol. The minimum absolute atomic E-state index is 0.0984. The topological polar surface area (TPSA) is 37.3 Å². The van der Waals surface area contributed by atoms with E-state index in [1.165, 1.54) is 0 Å². The van der Waals surface area contributed by atoms with Crippen LogP contribution < -0.4 is 0 Å². The fourth-order valence-electron chi connectivity index (χ4n) is 1.25. The first-order valence-corrected chi connectivity index (χ1v) is 4.72. The first-order valence-electron chi connectivity index (χ1n) is 4.34. The summed E-state index contributed by atoms with van der Waals surface area (Å²) in [7, 11) is 0. The maximum absolute atomic E-state index is 10.7. The van der Waals surface area contributed by atoms with Crippen LogP contribution in [0.25, 0.3) is 5.57 Å². The average molecular weight is 211 g/mol. The molecule has 74 valence electrons. The smallest absolute Gasteiger partial charge is 0.347 e. The van der Waals surface area contributed by atoms with Crippen LogP contribution >= 0.6 is 11.6 Å². The summed E-state index contributed by atoms with van der Waals surface area (Å²) in [4.78, 5) is 10.7. The zero-order chi connectivity index (χ0) is 10.6. The van der Waals surface area contributed by atoms with Crippen LogP contribution in [0.1, 0.15) is 18.9 Å². The molecule has 3 heteroatoms. The van der Waals surface area contributed by atoms with E-state index < -0.39 is 5.97 Å². The van der Waals surface area contributed by atoms with Crippen LogP contribution in [0, 0.1) is 0 Å². The van der Waals surface area contributed by atoms with E-state index >= 15 is 0 Å². The molecule has 0 aliphatic heterocycles. The highest BCUT2D eigenvalue weighted by Crippen LogP contribution is 2.24. The molecule has 1 rings (SSSR count). The van der Waals surface area contributed by atoms with Gasteiger partial charge in [-0.3, -0.25) is 0 Å². The molecule has 0 fully saturated rings. The maximum atomic E-state index is 10.7. The van der Waals surface area contributed by atoms with Crippen molar-refractivity contribution >= 4 is 23.1 Å². The van der Waals surface area contributed by atoms with E-state index in [-0.39, 0.29) is 5.03 Å². The molecule has 0 bridgehead atoms. The summed E-state index contributed by atoms with van der Waals surface area (Å²) in [5.41, 5.74) is 1.53. The Morgan fingerprint density at radius 2 is 1.93 bits per heavy atom. The van der Waals surface area contributed by atoms with Crippen molar-refractivity contribution < 1.29 is 9.90 Å². The van der Waals surface area contributed by atoms with Gasteiger partial charge in [-0.15, -0.1) is 0 Å². The summed E-state index contributed by atoms with van der Waals surface area (Å²) in [5, 5.41) is 8.66. The number of aliphatic carboxylic acids is 1. The van der Waals surface area contributed by atoms with Gasteiger partial charge in [0, 0.05) is 0 Å². The van der Waals surface area contributed by atoms with Gasteiger partial charge in [0.25, 0.3) is 0 Å². The maximum Gasteiger partial charge on any atom is 0.347 e. The highest BCUT2D eigenvalue weighted by atomic mass is 35.5. The minimum Gasteiger partial charge on any atom is -0.477 e. The lowest BCUT2D eigenvalue weighted by molar-refractivity contribution is -0.131. The van der Waals surface area contributed by atoms with Gasteiger partial charge in [0.2, 0.25) is 0 Å². The largest absolute Gasteiger partial charge is 0.477 e. The van der Waals surface area contributed by atoms with Crippen LogP contribution in [0.2, 0.25) is 0 Å². The molecule has 2 nitrogen and oxygen atoms in total. The van der Waals surface area contributed by atoms with E-state index in [1.807, 2.05) is 37.3 Å². The van der Waals surface area contributed by atoms with Gasteiger partial charge in [0.05, 0.1) is 0 Å². The zero-order valence-corrected chi connectivity index (χ0v) is 8.58. The van der Waals surface area contributed by atoms with Crippen LogP contribution in [-0.4, -0.2) is 11.1 Å². The van der Waals surface area contributed by atoms with Crippen LogP contribution in [0.5, 0.6) is 0 Å². The Morgan fingerprint density at radius 1 is 1.36 bits per heavy atom. The van der Waals surface area contributed by atoms with E-state index in [0.29, 0.717) is 12.0 Å². The third-order valence-electron chi connectivity index (χ3n) is 1.93. The second-order valence-corrected chi connectivity index (χ2v) is 3.20. The van der Waals surface area contributed by atoms with Gasteiger partial charge in [-0.2, -0.15) is 0 Å². The molecule has 1 aromatic carbocycles. The average Bonchev–Trinajstić information content (AvgIpc) is 2.20. The van der Waals surface area contributed by atoms with Gasteiger partial charge in [-0.25, -0.2) is 4.79 Å². The van der Waals surface area contributed by atoms with Crippen LogP contribution in [-0.2, 0) is 4.79 Å². The number of carboxylic acid groups (broad SMARTS) is 1. The van der Waals surface area contributed by atoms with E-state index in [4.69, 9.17) is 16.7 Å². The molecule has 1 aromatic rings. The number of rotatable bonds is 3. The van der Waals surface area contributed by atoms with Crippen molar-refractivity contribution in [3.05, 3.63) is 40.9 Å². The molecule has 0 saturated carbocycles. The third-order valence-corrected chi connectivity index (χ3v) is 2.32. The number of benzene rings is 1. The van der Waals surface area contributed by atoms with Crippen LogP contribution in [0.4, 0.5) is 0 Å². The van der Waals surface area contributed by atoms with Crippen molar-refractivity contribution in [2.45, 2.75) is 13.3 Å². The number of hydrogen-bond donors (Lipinski definition) is 1. The molecule has 0 atom stereocenters. The first-order chi connectivity index (χ1) is 6.66. The molecule has 0 unspecified atom stereocenters. The van der Waals surface area contributed by atoms with Crippen molar-refractivity contribution in [3.63, 3.8) is 0 Å². The summed E-state index contributed by atoms with van der Waals surface area (Å²) in [6.07, 6.45) is 0.606. The van der Waals surface area contributed by atoms with Crippen molar-refractivity contribution in [3.8, 4) is 0 Å². The Hall–Kier alpha value is -1.28. The van der Waals surface area contributed by atoms with Crippen molar-refractivity contribution in [2.75, 3.05) is 0 Å². The molecule has 1 N–H and O–H groups in total. The van der Waals surface area contributed by atoms with Gasteiger partial charge >= 0.3 is 5.97 Å². The number of halogens is 1. The Bertz CT molecular complexity index is 355. The molecule has 0 aliphatic carbocycles. The normalized spacial score (nSPS) is 12.1. The highest BCUT2D eigenvalue weighted by Gasteiger charge is 2.11. The standard InChI is InChI=1S/C11H11ClO2/c1-2-9(10(12)11(13)14)8-6-4-3-5-7-8/h3-7H,2H2,1H3,(H,13,14). The van der Waals surface area contributed by atoms with E-state index in [2.05, 4.69) is 0 Å². The van der Waals surface area contributed by atoms with E-state index in [0.717, 1.165) is 5.56 Å². The second-order valence-electron chi connectivity index (χ2n) is 2.82. The van der Waals surface area contributed by atoms with E-state index in [9.17, 15) is 4.79 Å². The van der Waals surface area contributed by atoms with Crippen molar-refractivity contribution in [1.29, 1.82) is 0 Å². The molecule has 0 saturated heterocycles. The lowest BCUT2D eigenvalue weighted by Gasteiger charge is -2.05. The molecule has 0 amide bonds. The van der Waals surface area contributed by atoms with Gasteiger partial charge in [-0.1, -0.05) is 48.9 Å². The third kappa shape index (κ3) is 2.36. The summed E-state index contributed by atoms with van der Waals surface area (Å²) < 4.78 is 0. The highest BCUT2D eigenvalue weighted by molar-refractivity contribution is 6.44. The molecular weight excluding hydrogens is 200 g/mol. The summed E-state index contributed by atoms with van der Waals surface area (Å²) in [6, 6.07) is 9.30. The molecule has 0 radical (unpaired) electrons. The Balaban J connectivity index is 3.17. The predicted molar refractivity (Wildman–Crippen MR) is 57.1 cm³/mol. The number of allylic oxidation sites excluding steroid dienone is 1. The molecular formula is C11H11ClO2. The molecule has 0 aromatic heterocycles. The summed E-state index contributed by atoms with van der Waals surface area (Å²) >= 11 is 5.70. The fraction of sp³-hybridized carbons (Fsp3) is 0.182. The van der Waals surface area contributed by atoms with Gasteiger partial charge in [0.15, 0.2) is 0 Å². The predicted octanol–water partition coefficient (Wildman–Crippen LogP) is 3.13. The molecule has 0 aliphatic rings. The lowest BCUT2D eigenvalue weighted by atomic mass is 10.0. The van der Waals surface area contributed by atoms with Gasteiger partial charge in [0.1, 0.15) is 5.03 Å². The lowest BCUT2D eigenvalue weighted by Crippen LogP contribution is -1.98. The molecule has 0 spiro atoms. The zero-order valence-electron chi connectivity index (χ0n) is 7.83. The molecule has 14 heavy (non-hydrogen) atoms. The van der Waals surface area contributed by atoms with Gasteiger partial charge in [-0.05, 0) is 17.6 Å². The Kier molecular flexibility index (Phi) is 3.72. The Labute approximate surface area is 87.8 Å². The fourth-order valence-corrected chi connectivity index (χ4v) is 1.50. The van der Waals surface area contributed by atoms with Crippen LogP contribution in [0.3, 0.4) is 0 Å².